The van der Waals surface area contributed by atoms with Crippen molar-refractivity contribution in [3.8, 4) is 11.5 Å². The van der Waals surface area contributed by atoms with Crippen LogP contribution in [0.2, 0.25) is 5.02 Å². The summed E-state index contributed by atoms with van der Waals surface area (Å²) >= 11 is 6.13. The lowest BCUT2D eigenvalue weighted by Crippen LogP contribution is -2.45. The number of carbonyl (C=O) groups excluding carboxylic acids is 2. The van der Waals surface area contributed by atoms with Gasteiger partial charge in [-0.2, -0.15) is 0 Å². The number of benzene rings is 1. The molecule has 0 saturated carbocycles. The number of piperidine rings is 1. The molecule has 1 atom stereocenters. The molecule has 7 heteroatoms. The van der Waals surface area contributed by atoms with Gasteiger partial charge < -0.3 is 19.1 Å². The standard InChI is InChI=1S/C18H22ClNO5/c1-2-13-5-3-4-6-20(13)16(21)11-25-18(22)12-9-14(19)17-15(10-12)23-7-8-24-17/h9-10,13H,2-8,11H2,1H3. The molecule has 2 heterocycles. The van der Waals surface area contributed by atoms with Crippen LogP contribution in [0, 0.1) is 0 Å². The van der Waals surface area contributed by atoms with Gasteiger partial charge in [-0.3, -0.25) is 4.79 Å². The summed E-state index contributed by atoms with van der Waals surface area (Å²) in [6.07, 6.45) is 4.05. The second kappa shape index (κ2) is 7.95. The normalized spacial score (nSPS) is 19.4. The summed E-state index contributed by atoms with van der Waals surface area (Å²) < 4.78 is 16.1. The van der Waals surface area contributed by atoms with Crippen LogP contribution in [0.1, 0.15) is 43.0 Å². The van der Waals surface area contributed by atoms with Crippen LogP contribution in [0.3, 0.4) is 0 Å². The molecule has 1 amide bonds. The molecule has 25 heavy (non-hydrogen) atoms. The highest BCUT2D eigenvalue weighted by Crippen LogP contribution is 2.38. The number of ether oxygens (including phenoxy) is 3. The van der Waals surface area contributed by atoms with Crippen molar-refractivity contribution in [3.05, 3.63) is 22.7 Å². The summed E-state index contributed by atoms with van der Waals surface area (Å²) in [5, 5.41) is 0.289. The lowest BCUT2D eigenvalue weighted by atomic mass is 10.00. The number of carbonyl (C=O) groups is 2. The van der Waals surface area contributed by atoms with E-state index in [1.165, 1.54) is 12.1 Å². The van der Waals surface area contributed by atoms with Crippen molar-refractivity contribution in [1.29, 1.82) is 0 Å². The van der Waals surface area contributed by atoms with Gasteiger partial charge in [0.1, 0.15) is 13.2 Å². The zero-order valence-electron chi connectivity index (χ0n) is 14.3. The van der Waals surface area contributed by atoms with Crippen LogP contribution in [-0.2, 0) is 9.53 Å². The molecular weight excluding hydrogens is 346 g/mol. The third-order valence-electron chi connectivity index (χ3n) is 4.58. The van der Waals surface area contributed by atoms with E-state index in [0.717, 1.165) is 32.2 Å². The van der Waals surface area contributed by atoms with Gasteiger partial charge in [-0.05, 0) is 37.8 Å². The van der Waals surface area contributed by atoms with Crippen molar-refractivity contribution in [2.24, 2.45) is 0 Å². The van der Waals surface area contributed by atoms with Gasteiger partial charge in [0.2, 0.25) is 0 Å². The fourth-order valence-corrected chi connectivity index (χ4v) is 3.54. The van der Waals surface area contributed by atoms with E-state index in [1.54, 1.807) is 0 Å². The Morgan fingerprint density at radius 2 is 2.08 bits per heavy atom. The molecule has 136 valence electrons. The van der Waals surface area contributed by atoms with E-state index in [-0.39, 0.29) is 29.1 Å². The molecule has 1 saturated heterocycles. The number of hydrogen-bond acceptors (Lipinski definition) is 5. The van der Waals surface area contributed by atoms with Gasteiger partial charge in [0.25, 0.3) is 5.91 Å². The van der Waals surface area contributed by atoms with Gasteiger partial charge in [-0.25, -0.2) is 4.79 Å². The Hall–Kier alpha value is -1.95. The highest BCUT2D eigenvalue weighted by molar-refractivity contribution is 6.32. The Kier molecular flexibility index (Phi) is 5.68. The lowest BCUT2D eigenvalue weighted by Gasteiger charge is -2.35. The smallest absolute Gasteiger partial charge is 0.338 e. The van der Waals surface area contributed by atoms with Crippen LogP contribution in [0.5, 0.6) is 11.5 Å². The molecule has 0 aliphatic carbocycles. The Labute approximate surface area is 152 Å². The van der Waals surface area contributed by atoms with Crippen LogP contribution < -0.4 is 9.47 Å². The monoisotopic (exact) mass is 367 g/mol. The van der Waals surface area contributed by atoms with Crippen LogP contribution in [0.25, 0.3) is 0 Å². The molecule has 2 aliphatic rings. The molecule has 1 aromatic carbocycles. The zero-order valence-corrected chi connectivity index (χ0v) is 15.0. The quantitative estimate of drug-likeness (QED) is 0.765. The fourth-order valence-electron chi connectivity index (χ4n) is 3.28. The first-order valence-corrected chi connectivity index (χ1v) is 9.03. The number of esters is 1. The van der Waals surface area contributed by atoms with Crippen molar-refractivity contribution in [1.82, 2.24) is 4.90 Å². The van der Waals surface area contributed by atoms with E-state index < -0.39 is 5.97 Å². The number of fused-ring (bicyclic) bond motifs is 1. The number of hydrogen-bond donors (Lipinski definition) is 0. The Morgan fingerprint density at radius 1 is 1.28 bits per heavy atom. The van der Waals surface area contributed by atoms with Crippen LogP contribution in [-0.4, -0.2) is 49.2 Å². The second-order valence-electron chi connectivity index (χ2n) is 6.20. The fraction of sp³-hybridized carbons (Fsp3) is 0.556. The zero-order chi connectivity index (χ0) is 17.8. The molecule has 0 bridgehead atoms. The molecule has 0 radical (unpaired) electrons. The van der Waals surface area contributed by atoms with Crippen molar-refractivity contribution in [2.45, 2.75) is 38.6 Å². The van der Waals surface area contributed by atoms with E-state index in [0.29, 0.717) is 24.7 Å². The Balaban J connectivity index is 1.62. The molecule has 3 rings (SSSR count). The van der Waals surface area contributed by atoms with E-state index in [4.69, 9.17) is 25.8 Å². The van der Waals surface area contributed by atoms with E-state index >= 15 is 0 Å². The molecule has 0 spiro atoms. The predicted octanol–water partition coefficient (Wildman–Crippen LogP) is 3.06. The maximum atomic E-state index is 12.4. The predicted molar refractivity (Wildman–Crippen MR) is 92.4 cm³/mol. The molecule has 1 aromatic rings. The van der Waals surface area contributed by atoms with E-state index in [2.05, 4.69) is 6.92 Å². The van der Waals surface area contributed by atoms with E-state index in [9.17, 15) is 9.59 Å². The van der Waals surface area contributed by atoms with Gasteiger partial charge in [0.05, 0.1) is 10.6 Å². The average molecular weight is 368 g/mol. The third kappa shape index (κ3) is 4.00. The number of likely N-dealkylation sites (tertiary alicyclic amines) is 1. The molecule has 0 N–H and O–H groups in total. The highest BCUT2D eigenvalue weighted by Gasteiger charge is 2.26. The van der Waals surface area contributed by atoms with E-state index in [1.807, 2.05) is 4.90 Å². The van der Waals surface area contributed by atoms with Gasteiger partial charge in [0.15, 0.2) is 18.1 Å². The minimum Gasteiger partial charge on any atom is -0.486 e. The highest BCUT2D eigenvalue weighted by atomic mass is 35.5. The van der Waals surface area contributed by atoms with Gasteiger partial charge >= 0.3 is 5.97 Å². The van der Waals surface area contributed by atoms with Gasteiger partial charge in [-0.15, -0.1) is 0 Å². The van der Waals surface area contributed by atoms with Crippen LogP contribution in [0.4, 0.5) is 0 Å². The molecule has 6 nitrogen and oxygen atoms in total. The first-order valence-electron chi connectivity index (χ1n) is 8.66. The third-order valence-corrected chi connectivity index (χ3v) is 4.86. The van der Waals surface area contributed by atoms with Gasteiger partial charge in [0, 0.05) is 12.6 Å². The van der Waals surface area contributed by atoms with Crippen molar-refractivity contribution in [3.63, 3.8) is 0 Å². The Morgan fingerprint density at radius 3 is 2.88 bits per heavy atom. The molecule has 1 fully saturated rings. The summed E-state index contributed by atoms with van der Waals surface area (Å²) in [7, 11) is 0. The summed E-state index contributed by atoms with van der Waals surface area (Å²) in [4.78, 5) is 26.5. The SMILES string of the molecule is CCC1CCCCN1C(=O)COC(=O)c1cc(Cl)c2c(c1)OCCO2. The maximum absolute atomic E-state index is 12.4. The topological polar surface area (TPSA) is 65.1 Å². The summed E-state index contributed by atoms with van der Waals surface area (Å²) in [5.74, 6) is 0.0968. The van der Waals surface area contributed by atoms with Crippen molar-refractivity contribution < 1.29 is 23.8 Å². The molecule has 0 aromatic heterocycles. The Bertz CT molecular complexity index is 663. The van der Waals surface area contributed by atoms with Crippen LogP contribution in [0.15, 0.2) is 12.1 Å². The maximum Gasteiger partial charge on any atom is 0.338 e. The van der Waals surface area contributed by atoms with Gasteiger partial charge in [-0.1, -0.05) is 18.5 Å². The number of halogens is 1. The first-order chi connectivity index (χ1) is 12.1. The lowest BCUT2D eigenvalue weighted by molar-refractivity contribution is -0.138. The number of nitrogens with zero attached hydrogens (tertiary/aromatic N) is 1. The van der Waals surface area contributed by atoms with Crippen molar-refractivity contribution in [2.75, 3.05) is 26.4 Å². The molecular formula is C18H22ClNO5. The minimum atomic E-state index is -0.600. The largest absolute Gasteiger partial charge is 0.486 e. The number of amides is 1. The molecule has 2 aliphatic heterocycles. The molecule has 1 unspecified atom stereocenters. The second-order valence-corrected chi connectivity index (χ2v) is 6.61. The summed E-state index contributed by atoms with van der Waals surface area (Å²) in [6.45, 7) is 3.35. The number of rotatable bonds is 4. The summed E-state index contributed by atoms with van der Waals surface area (Å²) in [6, 6.07) is 3.24. The van der Waals surface area contributed by atoms with Crippen LogP contribution >= 0.6 is 11.6 Å². The first kappa shape index (κ1) is 17.9. The minimum absolute atomic E-state index is 0.149. The average Bonchev–Trinajstić information content (AvgIpc) is 2.65. The summed E-state index contributed by atoms with van der Waals surface area (Å²) in [5.41, 5.74) is 0.243. The van der Waals surface area contributed by atoms with Crippen molar-refractivity contribution >= 4 is 23.5 Å².